The van der Waals surface area contributed by atoms with Gasteiger partial charge in [-0.3, -0.25) is 9.59 Å². The number of nitrogens with two attached hydrogens (primary N) is 1. The number of rotatable bonds is 7. The molecule has 0 radical (unpaired) electrons. The van der Waals surface area contributed by atoms with E-state index in [4.69, 9.17) is 38.4 Å². The highest BCUT2D eigenvalue weighted by atomic mass is 35.5. The standard InChI is InChI=1S/C21H21Cl2FN2O4/c22-14-4-6-15(7-5-14)29-13-21(11-19(25)27)12-26(8-9-30-21)20(28)10-16-17(23)2-1-3-18(16)24/h1-7H,8-13H2,(H2,25,27)/t21-/m0/s1. The van der Waals surface area contributed by atoms with Crippen molar-refractivity contribution in [1.82, 2.24) is 4.90 Å². The molecule has 1 aliphatic heterocycles. The first-order valence-corrected chi connectivity index (χ1v) is 10.0. The Hall–Kier alpha value is -2.35. The molecular formula is C21H21Cl2FN2O4. The fourth-order valence-electron chi connectivity index (χ4n) is 3.33. The Kier molecular flexibility index (Phi) is 7.18. The number of carbonyl (C=O) groups is 2. The van der Waals surface area contributed by atoms with Gasteiger partial charge in [0.2, 0.25) is 11.8 Å². The fourth-order valence-corrected chi connectivity index (χ4v) is 3.69. The van der Waals surface area contributed by atoms with Crippen LogP contribution in [0.5, 0.6) is 5.75 Å². The maximum absolute atomic E-state index is 14.1. The topological polar surface area (TPSA) is 81.9 Å². The van der Waals surface area contributed by atoms with Crippen LogP contribution >= 0.6 is 23.2 Å². The zero-order valence-electron chi connectivity index (χ0n) is 16.1. The van der Waals surface area contributed by atoms with E-state index >= 15 is 0 Å². The predicted molar refractivity (Wildman–Crippen MR) is 111 cm³/mol. The number of carbonyl (C=O) groups excluding carboxylic acids is 2. The Bertz CT molecular complexity index is 905. The summed E-state index contributed by atoms with van der Waals surface area (Å²) in [5.41, 5.74) is 4.44. The van der Waals surface area contributed by atoms with Crippen molar-refractivity contribution >= 4 is 35.0 Å². The summed E-state index contributed by atoms with van der Waals surface area (Å²) in [5, 5.41) is 0.748. The van der Waals surface area contributed by atoms with Crippen molar-refractivity contribution in [1.29, 1.82) is 0 Å². The van der Waals surface area contributed by atoms with E-state index < -0.39 is 17.3 Å². The van der Waals surface area contributed by atoms with Crippen molar-refractivity contribution in [2.24, 2.45) is 5.73 Å². The van der Waals surface area contributed by atoms with Gasteiger partial charge in [-0.25, -0.2) is 4.39 Å². The largest absolute Gasteiger partial charge is 0.490 e. The van der Waals surface area contributed by atoms with Gasteiger partial charge in [0.05, 0.1) is 26.0 Å². The number of ether oxygens (including phenoxy) is 2. The molecule has 1 aliphatic rings. The Morgan fingerprint density at radius 3 is 2.60 bits per heavy atom. The van der Waals surface area contributed by atoms with E-state index in [9.17, 15) is 14.0 Å². The molecule has 0 unspecified atom stereocenters. The maximum atomic E-state index is 14.1. The highest BCUT2D eigenvalue weighted by Gasteiger charge is 2.41. The van der Waals surface area contributed by atoms with E-state index in [-0.39, 0.29) is 49.1 Å². The summed E-state index contributed by atoms with van der Waals surface area (Å²) < 4.78 is 25.7. The highest BCUT2D eigenvalue weighted by molar-refractivity contribution is 6.31. The van der Waals surface area contributed by atoms with Crippen molar-refractivity contribution < 1.29 is 23.5 Å². The fraction of sp³-hybridized carbons (Fsp3) is 0.333. The van der Waals surface area contributed by atoms with Crippen LogP contribution < -0.4 is 10.5 Å². The number of halogens is 3. The zero-order chi connectivity index (χ0) is 21.7. The van der Waals surface area contributed by atoms with Gasteiger partial charge in [-0.1, -0.05) is 29.3 Å². The molecule has 0 aliphatic carbocycles. The molecule has 1 atom stereocenters. The number of primary amides is 1. The first-order valence-electron chi connectivity index (χ1n) is 9.29. The molecular weight excluding hydrogens is 434 g/mol. The van der Waals surface area contributed by atoms with Crippen LogP contribution in [0.25, 0.3) is 0 Å². The summed E-state index contributed by atoms with van der Waals surface area (Å²) in [5.74, 6) is -0.918. The molecule has 2 amide bonds. The molecule has 2 aromatic rings. The molecule has 1 saturated heterocycles. The van der Waals surface area contributed by atoms with E-state index in [1.165, 1.54) is 23.1 Å². The van der Waals surface area contributed by atoms with E-state index in [0.29, 0.717) is 17.3 Å². The number of morpholine rings is 1. The minimum absolute atomic E-state index is 0.00179. The van der Waals surface area contributed by atoms with E-state index in [2.05, 4.69) is 0 Å². The van der Waals surface area contributed by atoms with Crippen molar-refractivity contribution in [3.63, 3.8) is 0 Å². The van der Waals surface area contributed by atoms with E-state index in [1.54, 1.807) is 24.3 Å². The Morgan fingerprint density at radius 2 is 1.93 bits per heavy atom. The zero-order valence-corrected chi connectivity index (χ0v) is 17.6. The lowest BCUT2D eigenvalue weighted by molar-refractivity contribution is -0.161. The minimum atomic E-state index is -1.11. The van der Waals surface area contributed by atoms with Gasteiger partial charge >= 0.3 is 0 Å². The number of hydrogen-bond acceptors (Lipinski definition) is 4. The average Bonchev–Trinajstić information content (AvgIpc) is 2.70. The maximum Gasteiger partial charge on any atom is 0.227 e. The molecule has 9 heteroatoms. The third-order valence-corrected chi connectivity index (χ3v) is 5.41. The average molecular weight is 455 g/mol. The molecule has 6 nitrogen and oxygen atoms in total. The first-order chi connectivity index (χ1) is 14.3. The number of benzene rings is 2. The summed E-state index contributed by atoms with van der Waals surface area (Å²) >= 11 is 11.9. The SMILES string of the molecule is NC(=O)C[C@@]1(COc2ccc(Cl)cc2)CN(C(=O)Cc2c(F)cccc2Cl)CCO1. The Morgan fingerprint density at radius 1 is 1.20 bits per heavy atom. The second-order valence-electron chi connectivity index (χ2n) is 7.11. The lowest BCUT2D eigenvalue weighted by Crippen LogP contribution is -2.58. The molecule has 0 spiro atoms. The van der Waals surface area contributed by atoms with Gasteiger partial charge in [-0.15, -0.1) is 0 Å². The third kappa shape index (κ3) is 5.62. The Balaban J connectivity index is 1.73. The van der Waals surface area contributed by atoms with E-state index in [0.717, 1.165) is 0 Å². The van der Waals surface area contributed by atoms with Gasteiger partial charge in [0, 0.05) is 22.2 Å². The quantitative estimate of drug-likeness (QED) is 0.695. The Labute approximate surface area is 183 Å². The van der Waals surface area contributed by atoms with Crippen molar-refractivity contribution in [2.75, 3.05) is 26.3 Å². The van der Waals surface area contributed by atoms with Crippen LogP contribution in [-0.4, -0.2) is 48.6 Å². The van der Waals surface area contributed by atoms with Gasteiger partial charge in [0.25, 0.3) is 0 Å². The molecule has 0 aromatic heterocycles. The summed E-state index contributed by atoms with van der Waals surface area (Å²) in [6.07, 6.45) is -0.332. The smallest absolute Gasteiger partial charge is 0.227 e. The minimum Gasteiger partial charge on any atom is -0.490 e. The monoisotopic (exact) mass is 454 g/mol. The van der Waals surface area contributed by atoms with Crippen LogP contribution in [0.2, 0.25) is 10.0 Å². The highest BCUT2D eigenvalue weighted by Crippen LogP contribution is 2.26. The molecule has 2 N–H and O–H groups in total. The van der Waals surface area contributed by atoms with Crippen LogP contribution in [0.3, 0.4) is 0 Å². The van der Waals surface area contributed by atoms with E-state index in [1.807, 2.05) is 0 Å². The predicted octanol–water partition coefficient (Wildman–Crippen LogP) is 3.23. The number of nitrogens with zero attached hydrogens (tertiary/aromatic N) is 1. The summed E-state index contributed by atoms with van der Waals surface area (Å²) in [6, 6.07) is 11.0. The van der Waals surface area contributed by atoms with Crippen molar-refractivity contribution in [3.8, 4) is 5.75 Å². The third-order valence-electron chi connectivity index (χ3n) is 4.80. The summed E-state index contributed by atoms with van der Waals surface area (Å²) in [7, 11) is 0. The van der Waals surface area contributed by atoms with Gasteiger partial charge in [-0.2, -0.15) is 0 Å². The van der Waals surface area contributed by atoms with Crippen LogP contribution in [0.1, 0.15) is 12.0 Å². The van der Waals surface area contributed by atoms with Gasteiger partial charge in [-0.05, 0) is 36.4 Å². The second kappa shape index (κ2) is 9.64. The molecule has 160 valence electrons. The van der Waals surface area contributed by atoms with Crippen molar-refractivity contribution in [2.45, 2.75) is 18.4 Å². The van der Waals surface area contributed by atoms with Crippen LogP contribution in [0, 0.1) is 5.82 Å². The summed E-state index contributed by atoms with van der Waals surface area (Å²) in [4.78, 5) is 26.0. The number of hydrogen-bond donors (Lipinski definition) is 1. The molecule has 30 heavy (non-hydrogen) atoms. The van der Waals surface area contributed by atoms with Gasteiger partial charge in [0.15, 0.2) is 0 Å². The van der Waals surface area contributed by atoms with Crippen LogP contribution in [0.4, 0.5) is 4.39 Å². The second-order valence-corrected chi connectivity index (χ2v) is 7.95. The lowest BCUT2D eigenvalue weighted by atomic mass is 9.97. The molecule has 1 fully saturated rings. The van der Waals surface area contributed by atoms with Gasteiger partial charge in [0.1, 0.15) is 23.8 Å². The molecule has 0 saturated carbocycles. The van der Waals surface area contributed by atoms with Crippen LogP contribution in [-0.2, 0) is 20.7 Å². The van der Waals surface area contributed by atoms with Crippen molar-refractivity contribution in [3.05, 3.63) is 63.9 Å². The lowest BCUT2D eigenvalue weighted by Gasteiger charge is -2.42. The van der Waals surface area contributed by atoms with Crippen LogP contribution in [0.15, 0.2) is 42.5 Å². The molecule has 1 heterocycles. The van der Waals surface area contributed by atoms with Gasteiger partial charge < -0.3 is 20.1 Å². The first kappa shape index (κ1) is 22.3. The molecule has 0 bridgehead atoms. The molecule has 2 aromatic carbocycles. The molecule has 3 rings (SSSR count). The number of amides is 2. The normalized spacial score (nSPS) is 18.8. The summed E-state index contributed by atoms with van der Waals surface area (Å²) in [6.45, 7) is 0.566.